The third-order valence-electron chi connectivity index (χ3n) is 5.23. The minimum Gasteiger partial charge on any atom is -0.384 e. The molecule has 180 valence electrons. The number of sulfone groups is 1. The van der Waals surface area contributed by atoms with Gasteiger partial charge in [-0.1, -0.05) is 35.6 Å². The van der Waals surface area contributed by atoms with E-state index in [9.17, 15) is 22.8 Å². The Hall–Kier alpha value is -3.13. The van der Waals surface area contributed by atoms with Gasteiger partial charge in [0.2, 0.25) is 0 Å². The molecule has 2 N–H and O–H groups in total. The Bertz CT molecular complexity index is 1320. The highest BCUT2D eigenvalue weighted by atomic mass is 35.5. The van der Waals surface area contributed by atoms with Crippen molar-refractivity contribution < 1.29 is 23.1 Å². The van der Waals surface area contributed by atoms with Crippen LogP contribution in [0.5, 0.6) is 0 Å². The standard InChI is InChI=1S/C23H24ClN3O6S/c1-34(32,33)13-3-9-26-10-11-27-20(23(26)31)17(4-2-12-28)14-19(22(27)30)21(29)25-15-16-5-7-18(24)8-6-16/h5-8,14,28H,3,9-13,15H2,1H3,(H,25,29). The fourth-order valence-corrected chi connectivity index (χ4v) is 4.37. The van der Waals surface area contributed by atoms with Crippen molar-refractivity contribution in [1.82, 2.24) is 14.8 Å². The Balaban J connectivity index is 1.89. The number of hydrogen-bond acceptors (Lipinski definition) is 6. The lowest BCUT2D eigenvalue weighted by Crippen LogP contribution is -2.47. The molecule has 0 fully saturated rings. The molecule has 34 heavy (non-hydrogen) atoms. The van der Waals surface area contributed by atoms with E-state index < -0.39 is 33.8 Å². The number of carbonyl (C=O) groups excluding carboxylic acids is 2. The maximum absolute atomic E-state index is 13.1. The number of rotatable bonds is 7. The molecule has 0 saturated carbocycles. The molecule has 1 aliphatic heterocycles. The van der Waals surface area contributed by atoms with Crippen LogP contribution in [0.15, 0.2) is 35.1 Å². The Morgan fingerprint density at radius 3 is 2.56 bits per heavy atom. The molecular formula is C23H24ClN3O6S. The van der Waals surface area contributed by atoms with Gasteiger partial charge in [-0.3, -0.25) is 14.4 Å². The van der Waals surface area contributed by atoms with Gasteiger partial charge in [-0.2, -0.15) is 0 Å². The minimum atomic E-state index is -3.17. The van der Waals surface area contributed by atoms with Gasteiger partial charge in [-0.25, -0.2) is 8.42 Å². The molecule has 3 rings (SSSR count). The summed E-state index contributed by atoms with van der Waals surface area (Å²) in [4.78, 5) is 40.4. The lowest BCUT2D eigenvalue weighted by Gasteiger charge is -2.30. The fraction of sp³-hybridized carbons (Fsp3) is 0.348. The van der Waals surface area contributed by atoms with Crippen molar-refractivity contribution in [2.75, 3.05) is 31.7 Å². The highest BCUT2D eigenvalue weighted by Crippen LogP contribution is 2.17. The van der Waals surface area contributed by atoms with Gasteiger partial charge in [-0.05, 0) is 30.2 Å². The topological polar surface area (TPSA) is 126 Å². The largest absolute Gasteiger partial charge is 0.384 e. The van der Waals surface area contributed by atoms with Gasteiger partial charge in [0.1, 0.15) is 27.7 Å². The van der Waals surface area contributed by atoms with Crippen LogP contribution in [0.1, 0.15) is 38.4 Å². The smallest absolute Gasteiger partial charge is 0.271 e. The average Bonchev–Trinajstić information content (AvgIpc) is 2.78. The summed E-state index contributed by atoms with van der Waals surface area (Å²) in [5, 5.41) is 12.4. The van der Waals surface area contributed by atoms with Crippen LogP contribution in [0, 0.1) is 11.8 Å². The average molecular weight is 506 g/mol. The van der Waals surface area contributed by atoms with Crippen LogP contribution in [0.4, 0.5) is 0 Å². The highest BCUT2D eigenvalue weighted by Gasteiger charge is 2.30. The van der Waals surface area contributed by atoms with E-state index in [0.717, 1.165) is 11.8 Å². The van der Waals surface area contributed by atoms with E-state index in [2.05, 4.69) is 17.2 Å². The van der Waals surface area contributed by atoms with Crippen LogP contribution < -0.4 is 10.9 Å². The summed E-state index contributed by atoms with van der Waals surface area (Å²) in [6, 6.07) is 8.13. The van der Waals surface area contributed by atoms with Gasteiger partial charge in [0.15, 0.2) is 0 Å². The summed E-state index contributed by atoms with van der Waals surface area (Å²) < 4.78 is 24.0. The van der Waals surface area contributed by atoms with Crippen molar-refractivity contribution in [3.8, 4) is 11.8 Å². The van der Waals surface area contributed by atoms with E-state index >= 15 is 0 Å². The molecule has 2 heterocycles. The Kier molecular flexibility index (Phi) is 8.15. The van der Waals surface area contributed by atoms with Crippen LogP contribution in [-0.4, -0.2) is 66.5 Å². The van der Waals surface area contributed by atoms with Crippen molar-refractivity contribution in [2.24, 2.45) is 0 Å². The number of fused-ring (bicyclic) bond motifs is 1. The minimum absolute atomic E-state index is 0.0193. The first-order valence-electron chi connectivity index (χ1n) is 10.5. The first kappa shape index (κ1) is 25.5. The Labute approximate surface area is 202 Å². The zero-order valence-corrected chi connectivity index (χ0v) is 20.1. The molecule has 0 atom stereocenters. The van der Waals surface area contributed by atoms with Crippen LogP contribution in [-0.2, 0) is 22.9 Å². The van der Waals surface area contributed by atoms with Crippen LogP contribution in [0.3, 0.4) is 0 Å². The van der Waals surface area contributed by atoms with E-state index in [1.54, 1.807) is 24.3 Å². The first-order valence-corrected chi connectivity index (χ1v) is 12.9. The van der Waals surface area contributed by atoms with Gasteiger partial charge in [-0.15, -0.1) is 0 Å². The molecule has 2 aromatic rings. The summed E-state index contributed by atoms with van der Waals surface area (Å²) >= 11 is 5.87. The zero-order valence-electron chi connectivity index (χ0n) is 18.5. The number of aromatic nitrogens is 1. The van der Waals surface area contributed by atoms with Gasteiger partial charge in [0, 0.05) is 37.5 Å². The number of benzene rings is 1. The van der Waals surface area contributed by atoms with Crippen LogP contribution in [0.25, 0.3) is 0 Å². The molecule has 0 spiro atoms. The Morgan fingerprint density at radius 2 is 1.91 bits per heavy atom. The van der Waals surface area contributed by atoms with E-state index in [4.69, 9.17) is 16.7 Å². The summed E-state index contributed by atoms with van der Waals surface area (Å²) in [5.41, 5.74) is 0.158. The number of carbonyl (C=O) groups is 2. The third kappa shape index (κ3) is 6.26. The van der Waals surface area contributed by atoms with Gasteiger partial charge < -0.3 is 19.9 Å². The molecule has 9 nitrogen and oxygen atoms in total. The molecular weight excluding hydrogens is 482 g/mol. The van der Waals surface area contributed by atoms with Crippen LogP contribution >= 0.6 is 11.6 Å². The first-order chi connectivity index (χ1) is 16.1. The number of nitrogens with zero attached hydrogens (tertiary/aromatic N) is 2. The molecule has 0 saturated heterocycles. The number of hydrogen-bond donors (Lipinski definition) is 2. The lowest BCUT2D eigenvalue weighted by atomic mass is 10.1. The van der Waals surface area contributed by atoms with Crippen LogP contribution in [0.2, 0.25) is 5.02 Å². The highest BCUT2D eigenvalue weighted by molar-refractivity contribution is 7.90. The third-order valence-corrected chi connectivity index (χ3v) is 6.51. The van der Waals surface area contributed by atoms with Gasteiger partial charge in [0.25, 0.3) is 17.4 Å². The van der Waals surface area contributed by atoms with Crippen molar-refractivity contribution in [3.05, 3.63) is 68.1 Å². The van der Waals surface area contributed by atoms with E-state index in [1.807, 2.05) is 0 Å². The second-order valence-corrected chi connectivity index (χ2v) is 10.5. The SMILES string of the molecule is CS(=O)(=O)CCCN1CCn2c(c(C#CCO)cc(C(=O)NCc3ccc(Cl)cc3)c2=O)C1=O. The summed E-state index contributed by atoms with van der Waals surface area (Å²) in [5.74, 6) is 3.95. The molecule has 0 bridgehead atoms. The second-order valence-electron chi connectivity index (χ2n) is 7.82. The number of halogens is 1. The van der Waals surface area contributed by atoms with E-state index in [-0.39, 0.29) is 55.2 Å². The number of aliphatic hydroxyl groups is 1. The quantitative estimate of drug-likeness (QED) is 0.533. The van der Waals surface area contributed by atoms with E-state index in [1.165, 1.54) is 15.5 Å². The van der Waals surface area contributed by atoms with Gasteiger partial charge >= 0.3 is 0 Å². The van der Waals surface area contributed by atoms with E-state index in [0.29, 0.717) is 5.02 Å². The predicted octanol–water partition coefficient (Wildman–Crippen LogP) is 0.666. The monoisotopic (exact) mass is 505 g/mol. The zero-order chi connectivity index (χ0) is 24.9. The maximum atomic E-state index is 13.1. The number of pyridine rings is 1. The molecule has 0 aliphatic carbocycles. The lowest BCUT2D eigenvalue weighted by molar-refractivity contribution is 0.0698. The number of aliphatic hydroxyl groups excluding tert-OH is 1. The molecule has 1 aromatic heterocycles. The molecule has 1 aliphatic rings. The van der Waals surface area contributed by atoms with Crippen molar-refractivity contribution in [1.29, 1.82) is 0 Å². The summed E-state index contributed by atoms with van der Waals surface area (Å²) in [6.45, 7) is 0.226. The molecule has 1 aromatic carbocycles. The number of amides is 2. The summed E-state index contributed by atoms with van der Waals surface area (Å²) in [7, 11) is -3.17. The van der Waals surface area contributed by atoms with Gasteiger partial charge in [0.05, 0.1) is 11.3 Å². The van der Waals surface area contributed by atoms with Crippen molar-refractivity contribution in [2.45, 2.75) is 19.5 Å². The molecule has 2 amide bonds. The normalized spacial score (nSPS) is 13.1. The Morgan fingerprint density at radius 1 is 1.21 bits per heavy atom. The molecule has 11 heteroatoms. The fourth-order valence-electron chi connectivity index (χ4n) is 3.59. The summed E-state index contributed by atoms with van der Waals surface area (Å²) in [6.07, 6.45) is 1.39. The molecule has 0 radical (unpaired) electrons. The predicted molar refractivity (Wildman–Crippen MR) is 128 cm³/mol. The second kappa shape index (κ2) is 10.9. The molecule has 0 unspecified atom stereocenters. The van der Waals surface area contributed by atoms with Crippen molar-refractivity contribution in [3.63, 3.8) is 0 Å². The maximum Gasteiger partial charge on any atom is 0.271 e. The van der Waals surface area contributed by atoms with Crippen molar-refractivity contribution >= 4 is 33.3 Å². The number of nitrogens with one attached hydrogen (secondary N) is 1.